The van der Waals surface area contributed by atoms with E-state index in [0.29, 0.717) is 28.9 Å². The van der Waals surface area contributed by atoms with E-state index in [-0.39, 0.29) is 5.91 Å². The predicted molar refractivity (Wildman–Crippen MR) is 106 cm³/mol. The van der Waals surface area contributed by atoms with E-state index in [9.17, 15) is 4.79 Å². The van der Waals surface area contributed by atoms with Crippen molar-refractivity contribution >= 4 is 5.91 Å². The van der Waals surface area contributed by atoms with E-state index in [2.05, 4.69) is 29.2 Å². The fourth-order valence-electron chi connectivity index (χ4n) is 4.12. The van der Waals surface area contributed by atoms with E-state index in [1.54, 1.807) is 26.4 Å². The van der Waals surface area contributed by atoms with Crippen LogP contribution in [0, 0.1) is 0 Å². The number of rotatable bonds is 5. The second-order valence-electron chi connectivity index (χ2n) is 7.24. The van der Waals surface area contributed by atoms with Gasteiger partial charge in [0.2, 0.25) is 5.75 Å². The predicted octanol–water partition coefficient (Wildman–Crippen LogP) is 2.60. The van der Waals surface area contributed by atoms with Gasteiger partial charge in [0, 0.05) is 32.2 Å². The standard InChI is InChI=1S/C22H26N2O4/c1-26-19-9-8-18(20(27-2)21(19)28-3)22(25)24-13-17(14-24)23-11-10-15-6-4-5-7-16(15)12-23/h4-9,17H,10-14H2,1-3H3. The molecule has 2 aliphatic rings. The first-order chi connectivity index (χ1) is 13.7. The van der Waals surface area contributed by atoms with E-state index >= 15 is 0 Å². The number of nitrogens with zero attached hydrogens (tertiary/aromatic N) is 2. The van der Waals surface area contributed by atoms with Crippen LogP contribution in [-0.4, -0.2) is 62.7 Å². The Morgan fingerprint density at radius 1 is 0.929 bits per heavy atom. The molecule has 2 aliphatic heterocycles. The highest BCUT2D eigenvalue weighted by molar-refractivity contribution is 5.98. The van der Waals surface area contributed by atoms with Gasteiger partial charge in [-0.1, -0.05) is 24.3 Å². The molecule has 4 rings (SSSR count). The third-order valence-electron chi connectivity index (χ3n) is 5.76. The molecule has 1 fully saturated rings. The lowest BCUT2D eigenvalue weighted by atomic mass is 9.96. The zero-order valence-electron chi connectivity index (χ0n) is 16.6. The Kier molecular flexibility index (Phi) is 5.13. The summed E-state index contributed by atoms with van der Waals surface area (Å²) in [6.45, 7) is 3.48. The number of ether oxygens (including phenoxy) is 3. The number of hydrogen-bond donors (Lipinski definition) is 0. The molecular weight excluding hydrogens is 356 g/mol. The summed E-state index contributed by atoms with van der Waals surface area (Å²) in [6.07, 6.45) is 1.07. The van der Waals surface area contributed by atoms with Crippen LogP contribution in [0.4, 0.5) is 0 Å². The van der Waals surface area contributed by atoms with Crippen molar-refractivity contribution in [1.82, 2.24) is 9.80 Å². The third-order valence-corrected chi connectivity index (χ3v) is 5.76. The van der Waals surface area contributed by atoms with Crippen molar-refractivity contribution in [2.75, 3.05) is 41.0 Å². The molecule has 0 radical (unpaired) electrons. The van der Waals surface area contributed by atoms with Crippen LogP contribution < -0.4 is 14.2 Å². The van der Waals surface area contributed by atoms with Gasteiger partial charge in [-0.2, -0.15) is 0 Å². The molecule has 1 saturated heterocycles. The lowest BCUT2D eigenvalue weighted by Crippen LogP contribution is -2.61. The zero-order valence-corrected chi connectivity index (χ0v) is 16.6. The highest BCUT2D eigenvalue weighted by Crippen LogP contribution is 2.40. The van der Waals surface area contributed by atoms with Crippen molar-refractivity contribution in [2.45, 2.75) is 19.0 Å². The van der Waals surface area contributed by atoms with Crippen LogP contribution in [0.15, 0.2) is 36.4 Å². The Morgan fingerprint density at radius 3 is 2.32 bits per heavy atom. The van der Waals surface area contributed by atoms with Gasteiger partial charge in [-0.3, -0.25) is 9.69 Å². The molecule has 0 saturated carbocycles. The molecule has 0 spiro atoms. The zero-order chi connectivity index (χ0) is 19.7. The molecule has 6 nitrogen and oxygen atoms in total. The molecule has 148 valence electrons. The number of fused-ring (bicyclic) bond motifs is 1. The van der Waals surface area contributed by atoms with Gasteiger partial charge < -0.3 is 19.1 Å². The molecule has 0 aliphatic carbocycles. The van der Waals surface area contributed by atoms with Crippen molar-refractivity contribution in [3.8, 4) is 17.2 Å². The molecular formula is C22H26N2O4. The lowest BCUT2D eigenvalue weighted by molar-refractivity contribution is 0.0216. The van der Waals surface area contributed by atoms with E-state index < -0.39 is 0 Å². The Labute approximate surface area is 165 Å². The third kappa shape index (κ3) is 3.18. The Morgan fingerprint density at radius 2 is 1.64 bits per heavy atom. The fraction of sp³-hybridized carbons (Fsp3) is 0.409. The summed E-state index contributed by atoms with van der Waals surface area (Å²) in [5, 5.41) is 0. The first-order valence-electron chi connectivity index (χ1n) is 9.55. The monoisotopic (exact) mass is 382 g/mol. The number of benzene rings is 2. The Balaban J connectivity index is 1.45. The molecule has 0 bridgehead atoms. The topological polar surface area (TPSA) is 51.2 Å². The molecule has 6 heteroatoms. The van der Waals surface area contributed by atoms with Gasteiger partial charge in [0.05, 0.1) is 26.9 Å². The lowest BCUT2D eigenvalue weighted by Gasteiger charge is -2.47. The maximum Gasteiger partial charge on any atom is 0.257 e. The smallest absolute Gasteiger partial charge is 0.257 e. The van der Waals surface area contributed by atoms with Crippen molar-refractivity contribution in [2.24, 2.45) is 0 Å². The Bertz CT molecular complexity index is 877. The molecule has 28 heavy (non-hydrogen) atoms. The van der Waals surface area contributed by atoms with E-state index in [1.165, 1.54) is 18.2 Å². The number of amides is 1. The van der Waals surface area contributed by atoms with Gasteiger partial charge in [0.25, 0.3) is 5.91 Å². The normalized spacial score (nSPS) is 16.9. The molecule has 2 aromatic rings. The van der Waals surface area contributed by atoms with Gasteiger partial charge in [-0.25, -0.2) is 0 Å². The number of likely N-dealkylation sites (tertiary alicyclic amines) is 1. The maximum atomic E-state index is 13.0. The quantitative estimate of drug-likeness (QED) is 0.796. The first kappa shape index (κ1) is 18.6. The van der Waals surface area contributed by atoms with Crippen LogP contribution >= 0.6 is 0 Å². The highest BCUT2D eigenvalue weighted by Gasteiger charge is 2.37. The molecule has 2 aromatic carbocycles. The van der Waals surface area contributed by atoms with Crippen molar-refractivity contribution in [3.63, 3.8) is 0 Å². The summed E-state index contributed by atoms with van der Waals surface area (Å²) in [5.74, 6) is 1.37. The SMILES string of the molecule is COc1ccc(C(=O)N2CC(N3CCc4ccccc4C3)C2)c(OC)c1OC. The minimum atomic E-state index is -0.0357. The van der Waals surface area contributed by atoms with E-state index in [0.717, 1.165) is 32.6 Å². The summed E-state index contributed by atoms with van der Waals surface area (Å²) in [5.41, 5.74) is 3.35. The van der Waals surface area contributed by atoms with Gasteiger partial charge in [-0.15, -0.1) is 0 Å². The number of hydrogen-bond acceptors (Lipinski definition) is 5. The first-order valence-corrected chi connectivity index (χ1v) is 9.55. The van der Waals surface area contributed by atoms with Crippen LogP contribution in [0.3, 0.4) is 0 Å². The fourth-order valence-corrected chi connectivity index (χ4v) is 4.12. The molecule has 0 aromatic heterocycles. The molecule has 2 heterocycles. The summed E-state index contributed by atoms with van der Waals surface area (Å²) in [6, 6.07) is 12.5. The van der Waals surface area contributed by atoms with Crippen LogP contribution in [0.2, 0.25) is 0 Å². The number of methoxy groups -OCH3 is 3. The van der Waals surface area contributed by atoms with E-state index in [4.69, 9.17) is 14.2 Å². The van der Waals surface area contributed by atoms with Gasteiger partial charge in [-0.05, 0) is 29.7 Å². The minimum absolute atomic E-state index is 0.0357. The molecule has 0 unspecified atom stereocenters. The van der Waals surface area contributed by atoms with Crippen LogP contribution in [0.5, 0.6) is 17.2 Å². The van der Waals surface area contributed by atoms with Gasteiger partial charge in [0.15, 0.2) is 11.5 Å². The van der Waals surface area contributed by atoms with Crippen molar-refractivity contribution < 1.29 is 19.0 Å². The summed E-state index contributed by atoms with van der Waals surface area (Å²) in [4.78, 5) is 17.4. The molecule has 0 atom stereocenters. The number of carbonyl (C=O) groups is 1. The van der Waals surface area contributed by atoms with Gasteiger partial charge >= 0.3 is 0 Å². The Hall–Kier alpha value is -2.73. The summed E-state index contributed by atoms with van der Waals surface area (Å²) in [7, 11) is 4.65. The summed E-state index contributed by atoms with van der Waals surface area (Å²) < 4.78 is 16.2. The van der Waals surface area contributed by atoms with Crippen LogP contribution in [0.1, 0.15) is 21.5 Å². The molecule has 1 amide bonds. The largest absolute Gasteiger partial charge is 0.493 e. The van der Waals surface area contributed by atoms with Crippen LogP contribution in [-0.2, 0) is 13.0 Å². The second kappa shape index (κ2) is 7.72. The highest BCUT2D eigenvalue weighted by atomic mass is 16.5. The average Bonchev–Trinajstić information content (AvgIpc) is 2.71. The minimum Gasteiger partial charge on any atom is -0.493 e. The average molecular weight is 382 g/mol. The summed E-state index contributed by atoms with van der Waals surface area (Å²) >= 11 is 0. The second-order valence-corrected chi connectivity index (χ2v) is 7.24. The van der Waals surface area contributed by atoms with Gasteiger partial charge in [0.1, 0.15) is 0 Å². The molecule has 0 N–H and O–H groups in total. The van der Waals surface area contributed by atoms with Crippen molar-refractivity contribution in [3.05, 3.63) is 53.1 Å². The van der Waals surface area contributed by atoms with Crippen LogP contribution in [0.25, 0.3) is 0 Å². The van der Waals surface area contributed by atoms with E-state index in [1.807, 2.05) is 4.90 Å². The number of carbonyl (C=O) groups excluding carboxylic acids is 1. The van der Waals surface area contributed by atoms with Crippen molar-refractivity contribution in [1.29, 1.82) is 0 Å². The maximum absolute atomic E-state index is 13.0.